The molecule has 0 aliphatic heterocycles. The Bertz CT molecular complexity index is 602. The third kappa shape index (κ3) is 7.30. The predicted octanol–water partition coefficient (Wildman–Crippen LogP) is 3.47. The Labute approximate surface area is 150 Å². The van der Waals surface area contributed by atoms with E-state index >= 15 is 0 Å². The van der Waals surface area contributed by atoms with Crippen LogP contribution in [-0.2, 0) is 17.8 Å². The van der Waals surface area contributed by atoms with Crippen molar-refractivity contribution in [2.24, 2.45) is 0 Å². The lowest BCUT2D eigenvalue weighted by atomic mass is 10.1. The monoisotopic (exact) mass is 347 g/mol. The van der Waals surface area contributed by atoms with Gasteiger partial charge in [-0.15, -0.1) is 0 Å². The maximum absolute atomic E-state index is 10.4. The summed E-state index contributed by atoms with van der Waals surface area (Å²) in [4.78, 5) is 2.15. The Hall–Kier alpha value is -1.82. The average molecular weight is 347 g/mol. The molecule has 2 aromatic rings. The number of nitrogens with zero attached hydrogens (tertiary/aromatic N) is 1. The molecular weight excluding hydrogens is 318 g/mol. The van der Waals surface area contributed by atoms with Crippen molar-refractivity contribution in [3.63, 3.8) is 0 Å². The van der Waals surface area contributed by atoms with Gasteiger partial charge in [0.1, 0.15) is 11.5 Å². The van der Waals surface area contributed by atoms with Crippen molar-refractivity contribution >= 4 is 0 Å². The molecule has 0 fully saturated rings. The van der Waals surface area contributed by atoms with Crippen LogP contribution >= 0.6 is 0 Å². The average Bonchev–Trinajstić information content (AvgIpc) is 3.06. The van der Waals surface area contributed by atoms with Crippen LogP contribution in [0.25, 0.3) is 0 Å². The summed E-state index contributed by atoms with van der Waals surface area (Å²) in [5.41, 5.74) is 0.888. The number of hydrogen-bond acceptors (Lipinski definition) is 5. The molecule has 1 aromatic carbocycles. The van der Waals surface area contributed by atoms with Crippen LogP contribution in [0.1, 0.15) is 32.1 Å². The summed E-state index contributed by atoms with van der Waals surface area (Å²) >= 11 is 0. The Morgan fingerprint density at radius 2 is 1.84 bits per heavy atom. The Morgan fingerprint density at radius 3 is 2.40 bits per heavy atom. The summed E-state index contributed by atoms with van der Waals surface area (Å²) in [6, 6.07) is 11.8. The number of ether oxygens (including phenoxy) is 2. The van der Waals surface area contributed by atoms with Gasteiger partial charge < -0.3 is 19.0 Å². The van der Waals surface area contributed by atoms with Gasteiger partial charge in [0.05, 0.1) is 38.2 Å². The van der Waals surface area contributed by atoms with E-state index in [1.807, 2.05) is 57.2 Å². The summed E-state index contributed by atoms with van der Waals surface area (Å²) < 4.78 is 16.4. The summed E-state index contributed by atoms with van der Waals surface area (Å²) in [5, 5.41) is 10.4. The van der Waals surface area contributed by atoms with Crippen LogP contribution in [0.4, 0.5) is 0 Å². The fourth-order valence-electron chi connectivity index (χ4n) is 2.49. The lowest BCUT2D eigenvalue weighted by Gasteiger charge is -2.27. The van der Waals surface area contributed by atoms with Gasteiger partial charge in [-0.1, -0.05) is 12.1 Å². The highest BCUT2D eigenvalue weighted by atomic mass is 16.5. The highest BCUT2D eigenvalue weighted by Gasteiger charge is 2.18. The van der Waals surface area contributed by atoms with Crippen LogP contribution in [0, 0.1) is 0 Å². The van der Waals surface area contributed by atoms with E-state index in [1.165, 1.54) is 0 Å². The molecule has 1 heterocycles. The molecule has 2 rings (SSSR count). The predicted molar refractivity (Wildman–Crippen MR) is 97.5 cm³/mol. The number of hydrogen-bond donors (Lipinski definition) is 1. The lowest BCUT2D eigenvalue weighted by molar-refractivity contribution is -0.0576. The van der Waals surface area contributed by atoms with Crippen LogP contribution < -0.4 is 4.74 Å². The van der Waals surface area contributed by atoms with Gasteiger partial charge in [-0.2, -0.15) is 0 Å². The van der Waals surface area contributed by atoms with Crippen LogP contribution in [0.15, 0.2) is 47.1 Å². The zero-order valence-electron chi connectivity index (χ0n) is 15.6. The molecule has 0 bridgehead atoms. The lowest BCUT2D eigenvalue weighted by Crippen LogP contribution is -2.36. The van der Waals surface area contributed by atoms with Gasteiger partial charge in [0.2, 0.25) is 0 Å². The second-order valence-corrected chi connectivity index (χ2v) is 7.17. The summed E-state index contributed by atoms with van der Waals surface area (Å²) in [6.07, 6.45) is 1.10. The van der Waals surface area contributed by atoms with E-state index in [0.29, 0.717) is 26.2 Å². The molecule has 0 saturated heterocycles. The van der Waals surface area contributed by atoms with Gasteiger partial charge in [-0.05, 0) is 50.6 Å². The highest BCUT2D eigenvalue weighted by molar-refractivity contribution is 5.27. The van der Waals surface area contributed by atoms with Gasteiger partial charge in [0, 0.05) is 13.1 Å². The van der Waals surface area contributed by atoms with Gasteiger partial charge in [-0.25, -0.2) is 0 Å². The first-order chi connectivity index (χ1) is 11.9. The number of methoxy groups -OCH3 is 1. The smallest absolute Gasteiger partial charge is 0.118 e. The highest BCUT2D eigenvalue weighted by Crippen LogP contribution is 2.16. The first kappa shape index (κ1) is 19.5. The second kappa shape index (κ2) is 9.04. The molecule has 0 saturated carbocycles. The maximum atomic E-state index is 10.4. The normalized spacial score (nSPS) is 13.2. The molecule has 0 radical (unpaired) electrons. The minimum Gasteiger partial charge on any atom is -0.497 e. The van der Waals surface area contributed by atoms with Crippen molar-refractivity contribution in [1.82, 2.24) is 4.90 Å². The van der Waals surface area contributed by atoms with E-state index in [1.54, 1.807) is 13.4 Å². The molecule has 5 nitrogen and oxygen atoms in total. The Kier molecular flexibility index (Phi) is 7.05. The van der Waals surface area contributed by atoms with E-state index in [2.05, 4.69) is 4.90 Å². The quantitative estimate of drug-likeness (QED) is 0.753. The van der Waals surface area contributed by atoms with E-state index < -0.39 is 6.10 Å². The Balaban J connectivity index is 1.98. The summed E-state index contributed by atoms with van der Waals surface area (Å²) in [6.45, 7) is 8.10. The molecular formula is C20H29NO4. The van der Waals surface area contributed by atoms with Crippen molar-refractivity contribution < 1.29 is 19.0 Å². The molecule has 0 spiro atoms. The van der Waals surface area contributed by atoms with Crippen LogP contribution in [-0.4, -0.2) is 42.0 Å². The van der Waals surface area contributed by atoms with E-state index in [4.69, 9.17) is 13.9 Å². The number of rotatable bonds is 9. The topological polar surface area (TPSA) is 55.1 Å². The molecule has 5 heteroatoms. The summed E-state index contributed by atoms with van der Waals surface area (Å²) in [5.74, 6) is 1.71. The molecule has 1 aromatic heterocycles. The van der Waals surface area contributed by atoms with Gasteiger partial charge >= 0.3 is 0 Å². The zero-order chi connectivity index (χ0) is 18.3. The fourth-order valence-corrected chi connectivity index (χ4v) is 2.49. The van der Waals surface area contributed by atoms with Crippen molar-refractivity contribution in [2.75, 3.05) is 20.3 Å². The first-order valence-corrected chi connectivity index (χ1v) is 8.55. The molecule has 1 atom stereocenters. The molecule has 1 unspecified atom stereocenters. The van der Waals surface area contributed by atoms with E-state index in [0.717, 1.165) is 17.1 Å². The maximum Gasteiger partial charge on any atom is 0.118 e. The number of aliphatic hydroxyl groups is 1. The number of benzene rings is 1. The minimum atomic E-state index is -0.563. The van der Waals surface area contributed by atoms with Crippen molar-refractivity contribution in [2.45, 2.75) is 45.6 Å². The largest absolute Gasteiger partial charge is 0.497 e. The van der Waals surface area contributed by atoms with Crippen LogP contribution in [0.2, 0.25) is 0 Å². The Morgan fingerprint density at radius 1 is 1.12 bits per heavy atom. The third-order valence-corrected chi connectivity index (χ3v) is 3.70. The molecule has 0 aliphatic rings. The molecule has 138 valence electrons. The van der Waals surface area contributed by atoms with Crippen LogP contribution in [0.3, 0.4) is 0 Å². The first-order valence-electron chi connectivity index (χ1n) is 8.55. The summed E-state index contributed by atoms with van der Waals surface area (Å²) in [7, 11) is 1.66. The van der Waals surface area contributed by atoms with Crippen LogP contribution in [0.5, 0.6) is 5.75 Å². The minimum absolute atomic E-state index is 0.261. The third-order valence-electron chi connectivity index (χ3n) is 3.70. The van der Waals surface area contributed by atoms with Crippen molar-refractivity contribution in [3.8, 4) is 5.75 Å². The molecule has 0 aliphatic carbocycles. The standard InChI is InChI=1S/C20H29NO4/c1-20(2,3)25-15-17(22)13-21(14-19-6-5-11-24-19)12-16-7-9-18(23-4)10-8-16/h5-11,17,22H,12-15H2,1-4H3. The van der Waals surface area contributed by atoms with Crippen molar-refractivity contribution in [1.29, 1.82) is 0 Å². The van der Waals surface area contributed by atoms with Gasteiger partial charge in [0.25, 0.3) is 0 Å². The number of furan rings is 1. The molecule has 25 heavy (non-hydrogen) atoms. The van der Waals surface area contributed by atoms with Gasteiger partial charge in [0.15, 0.2) is 0 Å². The van der Waals surface area contributed by atoms with E-state index in [-0.39, 0.29) is 5.60 Å². The molecule has 0 amide bonds. The van der Waals surface area contributed by atoms with Gasteiger partial charge in [-0.3, -0.25) is 4.90 Å². The number of aliphatic hydroxyl groups excluding tert-OH is 1. The zero-order valence-corrected chi connectivity index (χ0v) is 15.6. The molecule has 1 N–H and O–H groups in total. The SMILES string of the molecule is COc1ccc(CN(Cc2ccco2)CC(O)COC(C)(C)C)cc1. The van der Waals surface area contributed by atoms with E-state index in [9.17, 15) is 5.11 Å². The second-order valence-electron chi connectivity index (χ2n) is 7.17. The fraction of sp³-hybridized carbons (Fsp3) is 0.500. The van der Waals surface area contributed by atoms with Crippen molar-refractivity contribution in [3.05, 3.63) is 54.0 Å².